The van der Waals surface area contributed by atoms with Crippen molar-refractivity contribution in [2.75, 3.05) is 13.1 Å². The number of rotatable bonds is 2. The molecule has 2 saturated heterocycles. The Bertz CT molecular complexity index is 318. The van der Waals surface area contributed by atoms with Crippen molar-refractivity contribution in [3.05, 3.63) is 0 Å². The third-order valence-corrected chi connectivity index (χ3v) is 4.16. The number of halogens is 1. The highest BCUT2D eigenvalue weighted by Gasteiger charge is 2.32. The van der Waals surface area contributed by atoms with Gasteiger partial charge in [0.15, 0.2) is 0 Å². The minimum atomic E-state index is -0.0657. The molecule has 0 aromatic carbocycles. The number of carbonyl (C=O) groups excluding carboxylic acids is 2. The van der Waals surface area contributed by atoms with Gasteiger partial charge < -0.3 is 16.0 Å². The molecule has 2 aliphatic rings. The van der Waals surface area contributed by atoms with E-state index in [-0.39, 0.29) is 36.2 Å². The van der Waals surface area contributed by atoms with Gasteiger partial charge in [0.05, 0.1) is 5.92 Å². The van der Waals surface area contributed by atoms with Crippen LogP contribution in [-0.2, 0) is 9.59 Å². The summed E-state index contributed by atoms with van der Waals surface area (Å²) in [5, 5.41) is 9.30. The van der Waals surface area contributed by atoms with Crippen molar-refractivity contribution in [2.24, 2.45) is 11.8 Å². The number of carbonyl (C=O) groups is 2. The van der Waals surface area contributed by atoms with Crippen molar-refractivity contribution >= 4 is 24.2 Å². The Hall–Kier alpha value is -0.810. The normalized spacial score (nSPS) is 34.9. The molecule has 0 aromatic heterocycles. The first-order valence-corrected chi connectivity index (χ1v) is 6.88. The molecule has 2 heterocycles. The van der Waals surface area contributed by atoms with Gasteiger partial charge in [0.2, 0.25) is 11.8 Å². The van der Waals surface area contributed by atoms with Crippen LogP contribution in [0.3, 0.4) is 0 Å². The van der Waals surface area contributed by atoms with E-state index in [4.69, 9.17) is 0 Å². The van der Waals surface area contributed by atoms with Crippen molar-refractivity contribution in [2.45, 2.75) is 45.2 Å². The summed E-state index contributed by atoms with van der Waals surface area (Å²) in [5.74, 6) is 0.579. The lowest BCUT2D eigenvalue weighted by Gasteiger charge is -2.37. The van der Waals surface area contributed by atoms with E-state index in [9.17, 15) is 9.59 Å². The fourth-order valence-corrected chi connectivity index (χ4v) is 2.84. The second kappa shape index (κ2) is 7.10. The maximum Gasteiger partial charge on any atom is 0.225 e. The Balaban J connectivity index is 0.00000180. The lowest BCUT2D eigenvalue weighted by Crippen LogP contribution is -2.57. The Morgan fingerprint density at radius 3 is 2.63 bits per heavy atom. The van der Waals surface area contributed by atoms with Crippen molar-refractivity contribution < 1.29 is 9.59 Å². The summed E-state index contributed by atoms with van der Waals surface area (Å²) in [6, 6.07) is 0.514. The lowest BCUT2D eigenvalue weighted by molar-refractivity contribution is -0.130. The van der Waals surface area contributed by atoms with E-state index in [0.717, 1.165) is 13.0 Å². The maximum absolute atomic E-state index is 12.2. The molecule has 4 atom stereocenters. The molecule has 2 fully saturated rings. The number of hydrogen-bond acceptors (Lipinski definition) is 3. The van der Waals surface area contributed by atoms with E-state index in [2.05, 4.69) is 29.8 Å². The Morgan fingerprint density at radius 2 is 2.05 bits per heavy atom. The fraction of sp³-hybridized carbons (Fsp3) is 0.846. The summed E-state index contributed by atoms with van der Waals surface area (Å²) in [6.45, 7) is 5.80. The van der Waals surface area contributed by atoms with Crippen LogP contribution in [-0.4, -0.2) is 37.0 Å². The topological polar surface area (TPSA) is 70.2 Å². The molecule has 110 valence electrons. The quantitative estimate of drug-likeness (QED) is 0.691. The van der Waals surface area contributed by atoms with Crippen LogP contribution in [0.5, 0.6) is 0 Å². The van der Waals surface area contributed by atoms with Gasteiger partial charge in [-0.2, -0.15) is 0 Å². The van der Waals surface area contributed by atoms with Crippen LogP contribution >= 0.6 is 12.4 Å². The summed E-state index contributed by atoms with van der Waals surface area (Å²) in [7, 11) is 0. The zero-order valence-electron chi connectivity index (χ0n) is 11.6. The zero-order valence-corrected chi connectivity index (χ0v) is 12.4. The van der Waals surface area contributed by atoms with E-state index in [1.807, 2.05) is 0 Å². The molecule has 2 amide bonds. The largest absolute Gasteiger partial charge is 0.355 e. The average Bonchev–Trinajstić information content (AvgIpc) is 2.34. The van der Waals surface area contributed by atoms with E-state index in [1.165, 1.54) is 0 Å². The molecule has 6 heteroatoms. The van der Waals surface area contributed by atoms with E-state index >= 15 is 0 Å². The van der Waals surface area contributed by atoms with Crippen LogP contribution < -0.4 is 16.0 Å². The van der Waals surface area contributed by atoms with E-state index in [1.54, 1.807) is 0 Å². The van der Waals surface area contributed by atoms with Crippen LogP contribution in [0, 0.1) is 11.8 Å². The molecule has 2 aliphatic heterocycles. The molecule has 0 spiro atoms. The van der Waals surface area contributed by atoms with Crippen molar-refractivity contribution in [3.8, 4) is 0 Å². The maximum atomic E-state index is 12.2. The predicted octanol–water partition coefficient (Wildman–Crippen LogP) is 0.437. The number of nitrogens with one attached hydrogen (secondary N) is 3. The highest BCUT2D eigenvalue weighted by molar-refractivity contribution is 5.85. The second-order valence-corrected chi connectivity index (χ2v) is 5.58. The van der Waals surface area contributed by atoms with E-state index in [0.29, 0.717) is 31.3 Å². The number of hydrogen-bond donors (Lipinski definition) is 3. The molecule has 4 unspecified atom stereocenters. The van der Waals surface area contributed by atoms with Gasteiger partial charge in [-0.25, -0.2) is 0 Å². The molecule has 5 nitrogen and oxygen atoms in total. The van der Waals surface area contributed by atoms with Gasteiger partial charge in [0.25, 0.3) is 0 Å². The van der Waals surface area contributed by atoms with Gasteiger partial charge in [-0.15, -0.1) is 12.4 Å². The third-order valence-electron chi connectivity index (χ3n) is 4.16. The first-order valence-electron chi connectivity index (χ1n) is 6.88. The van der Waals surface area contributed by atoms with Gasteiger partial charge >= 0.3 is 0 Å². The first-order chi connectivity index (χ1) is 8.58. The molecule has 2 rings (SSSR count). The van der Waals surface area contributed by atoms with Crippen molar-refractivity contribution in [1.82, 2.24) is 16.0 Å². The summed E-state index contributed by atoms with van der Waals surface area (Å²) in [5.41, 5.74) is 0. The van der Waals surface area contributed by atoms with Gasteiger partial charge in [-0.05, 0) is 32.2 Å². The van der Waals surface area contributed by atoms with Gasteiger partial charge in [0.1, 0.15) is 0 Å². The minimum Gasteiger partial charge on any atom is -0.355 e. The molecule has 3 N–H and O–H groups in total. The van der Waals surface area contributed by atoms with Crippen LogP contribution in [0.4, 0.5) is 0 Å². The summed E-state index contributed by atoms with van der Waals surface area (Å²) in [4.78, 5) is 23.2. The Labute approximate surface area is 120 Å². The number of piperidine rings is 2. The lowest BCUT2D eigenvalue weighted by atomic mass is 9.88. The minimum absolute atomic E-state index is 0. The predicted molar refractivity (Wildman–Crippen MR) is 76.2 cm³/mol. The molecule has 0 bridgehead atoms. The molecule has 0 aliphatic carbocycles. The molecule has 19 heavy (non-hydrogen) atoms. The second-order valence-electron chi connectivity index (χ2n) is 5.58. The van der Waals surface area contributed by atoms with Gasteiger partial charge in [-0.3, -0.25) is 9.59 Å². The smallest absolute Gasteiger partial charge is 0.225 e. The van der Waals surface area contributed by atoms with E-state index < -0.39 is 0 Å². The van der Waals surface area contributed by atoms with Crippen molar-refractivity contribution in [3.63, 3.8) is 0 Å². The standard InChI is InChI=1S/C13H23N3O2.ClH/c1-8-5-6-14-9(2)12(8)16-13(18)10-3-4-11(17)15-7-10;/h8-10,12,14H,3-7H2,1-2H3,(H,15,17)(H,16,18);1H. The van der Waals surface area contributed by atoms with Crippen LogP contribution in [0.2, 0.25) is 0 Å². The molecule has 0 saturated carbocycles. The summed E-state index contributed by atoms with van der Waals surface area (Å²) in [6.07, 6.45) is 2.23. The Kier molecular flexibility index (Phi) is 6.07. The monoisotopic (exact) mass is 289 g/mol. The van der Waals surface area contributed by atoms with Gasteiger partial charge in [-0.1, -0.05) is 6.92 Å². The average molecular weight is 290 g/mol. The molecule has 0 radical (unpaired) electrons. The molecular formula is C13H24ClN3O2. The van der Waals surface area contributed by atoms with Crippen LogP contribution in [0.15, 0.2) is 0 Å². The molecule has 0 aromatic rings. The van der Waals surface area contributed by atoms with Crippen molar-refractivity contribution in [1.29, 1.82) is 0 Å². The number of amides is 2. The first kappa shape index (κ1) is 16.2. The van der Waals surface area contributed by atoms with Gasteiger partial charge in [0, 0.05) is 25.0 Å². The Morgan fingerprint density at radius 1 is 1.32 bits per heavy atom. The summed E-state index contributed by atoms with van der Waals surface area (Å²) < 4.78 is 0. The third kappa shape index (κ3) is 4.08. The zero-order chi connectivity index (χ0) is 13.1. The highest BCUT2D eigenvalue weighted by atomic mass is 35.5. The highest BCUT2D eigenvalue weighted by Crippen LogP contribution is 2.18. The SMILES string of the molecule is CC1CCNC(C)C1NC(=O)C1CCC(=O)NC1.Cl. The van der Waals surface area contributed by atoms with Crippen LogP contribution in [0.25, 0.3) is 0 Å². The fourth-order valence-electron chi connectivity index (χ4n) is 2.84. The van der Waals surface area contributed by atoms with Crippen LogP contribution in [0.1, 0.15) is 33.1 Å². The molecular weight excluding hydrogens is 266 g/mol. The summed E-state index contributed by atoms with van der Waals surface area (Å²) >= 11 is 0.